The number of carbonyl (C=O) groups is 1. The largest absolute Gasteiger partial charge is 0.282 e. The van der Waals surface area contributed by atoms with Gasteiger partial charge in [0, 0.05) is 23.0 Å². The molecule has 4 aromatic rings. The van der Waals surface area contributed by atoms with E-state index >= 15 is 0 Å². The van der Waals surface area contributed by atoms with Crippen LogP contribution in [0.2, 0.25) is 5.02 Å². The van der Waals surface area contributed by atoms with Gasteiger partial charge >= 0.3 is 0 Å². The number of aromatic nitrogens is 1. The Balaban J connectivity index is 1.61. The number of hydrogen-bond donors (Lipinski definition) is 0. The van der Waals surface area contributed by atoms with Crippen molar-refractivity contribution in [1.82, 2.24) is 9.29 Å². The molecule has 0 radical (unpaired) electrons. The Hall–Kier alpha value is -3.11. The van der Waals surface area contributed by atoms with E-state index in [1.54, 1.807) is 17.5 Å². The molecule has 0 aliphatic rings. The lowest BCUT2D eigenvalue weighted by atomic mass is 10.2. The zero-order chi connectivity index (χ0) is 25.0. The molecule has 0 saturated carbocycles. The van der Waals surface area contributed by atoms with E-state index in [-0.39, 0.29) is 23.8 Å². The molecule has 0 spiro atoms. The third-order valence-corrected chi connectivity index (χ3v) is 8.16. The minimum absolute atomic E-state index is 0.0413. The summed E-state index contributed by atoms with van der Waals surface area (Å²) in [6.07, 6.45) is 0. The molecule has 0 aliphatic heterocycles. The fraction of sp³-hybridized carbons (Fsp3) is 0.120. The maximum atomic E-state index is 13.4. The summed E-state index contributed by atoms with van der Waals surface area (Å²) in [6.45, 7) is -0.172. The van der Waals surface area contributed by atoms with E-state index in [1.165, 1.54) is 59.7 Å². The summed E-state index contributed by atoms with van der Waals surface area (Å²) in [4.78, 5) is 19.5. The molecule has 1 aromatic heterocycles. The molecule has 0 fully saturated rings. The number of thiazole rings is 1. The third-order valence-electron chi connectivity index (χ3n) is 5.23. The number of halogens is 2. The zero-order valence-corrected chi connectivity index (χ0v) is 21.0. The average molecular weight is 530 g/mol. The summed E-state index contributed by atoms with van der Waals surface area (Å²) >= 11 is 7.13. The number of likely N-dealkylation sites (N-methyl/N-ethyl adjacent to an activating group) is 1. The molecule has 35 heavy (non-hydrogen) atoms. The van der Waals surface area contributed by atoms with Gasteiger partial charge in [-0.1, -0.05) is 41.9 Å². The number of anilines is 1. The lowest BCUT2D eigenvalue weighted by molar-refractivity contribution is -0.118. The monoisotopic (exact) mass is 529 g/mol. The van der Waals surface area contributed by atoms with Crippen molar-refractivity contribution in [2.24, 2.45) is 0 Å². The number of carbonyl (C=O) groups excluding carboxylic acids is 1. The van der Waals surface area contributed by atoms with Gasteiger partial charge in [0.1, 0.15) is 5.82 Å². The first-order chi connectivity index (χ1) is 16.7. The van der Waals surface area contributed by atoms with Gasteiger partial charge in [-0.05, 0) is 54.1 Å². The van der Waals surface area contributed by atoms with Gasteiger partial charge in [0.05, 0.1) is 23.7 Å². The topological polar surface area (TPSA) is 70.6 Å². The highest BCUT2D eigenvalue weighted by atomic mass is 35.5. The molecule has 10 heteroatoms. The number of hydrogen-bond acceptors (Lipinski definition) is 5. The third kappa shape index (κ3) is 5.94. The summed E-state index contributed by atoms with van der Waals surface area (Å²) < 4.78 is 40.3. The molecule has 0 saturated heterocycles. The van der Waals surface area contributed by atoms with Crippen LogP contribution in [0.3, 0.4) is 0 Å². The first kappa shape index (κ1) is 25.0. The smallest absolute Gasteiger partial charge is 0.244 e. The van der Waals surface area contributed by atoms with Gasteiger partial charge in [-0.15, -0.1) is 11.3 Å². The van der Waals surface area contributed by atoms with Crippen molar-refractivity contribution in [1.29, 1.82) is 0 Å². The van der Waals surface area contributed by atoms with Gasteiger partial charge in [-0.3, -0.25) is 9.69 Å². The summed E-state index contributed by atoms with van der Waals surface area (Å²) in [5.74, 6) is -0.788. The maximum Gasteiger partial charge on any atom is 0.244 e. The van der Waals surface area contributed by atoms with Crippen molar-refractivity contribution in [3.05, 3.63) is 101 Å². The number of sulfonamides is 1. The van der Waals surface area contributed by atoms with Crippen molar-refractivity contribution in [3.8, 4) is 11.3 Å². The summed E-state index contributed by atoms with van der Waals surface area (Å²) in [5, 5.41) is 2.61. The summed E-state index contributed by atoms with van der Waals surface area (Å²) in [6, 6.07) is 21.0. The second kappa shape index (κ2) is 10.7. The van der Waals surface area contributed by atoms with Crippen LogP contribution in [0.15, 0.2) is 89.1 Å². The predicted octanol–water partition coefficient (Wildman–Crippen LogP) is 5.46. The second-order valence-electron chi connectivity index (χ2n) is 7.70. The predicted molar refractivity (Wildman–Crippen MR) is 136 cm³/mol. The molecule has 0 atom stereocenters. The van der Waals surface area contributed by atoms with E-state index in [0.29, 0.717) is 21.4 Å². The first-order valence-corrected chi connectivity index (χ1v) is 13.2. The molecule has 0 bridgehead atoms. The van der Waals surface area contributed by atoms with Crippen molar-refractivity contribution in [2.75, 3.05) is 18.5 Å². The Labute approximate surface area is 212 Å². The van der Waals surface area contributed by atoms with Crippen molar-refractivity contribution >= 4 is 44.0 Å². The van der Waals surface area contributed by atoms with Crippen molar-refractivity contribution in [2.45, 2.75) is 11.4 Å². The number of amides is 1. The molecule has 4 rings (SSSR count). The lowest BCUT2D eigenvalue weighted by Gasteiger charge is -2.23. The van der Waals surface area contributed by atoms with Gasteiger partial charge in [-0.25, -0.2) is 17.8 Å². The van der Waals surface area contributed by atoms with Crippen LogP contribution in [-0.4, -0.2) is 37.2 Å². The fourth-order valence-corrected chi connectivity index (χ4v) is 5.41. The van der Waals surface area contributed by atoms with E-state index in [4.69, 9.17) is 11.6 Å². The molecular formula is C25H21ClFN3O3S2. The van der Waals surface area contributed by atoms with Crippen LogP contribution in [0.25, 0.3) is 11.3 Å². The lowest BCUT2D eigenvalue weighted by Crippen LogP contribution is -2.41. The minimum atomic E-state index is -3.91. The SMILES string of the molecule is CN(CC(=O)N(Cc1ccccc1)c1nc(-c2ccc(F)cc2)cs1)S(=O)(=O)c1ccc(Cl)cc1. The van der Waals surface area contributed by atoms with Crippen LogP contribution in [0, 0.1) is 5.82 Å². The normalized spacial score (nSPS) is 11.5. The Morgan fingerprint density at radius 3 is 2.31 bits per heavy atom. The Kier molecular flexibility index (Phi) is 7.61. The van der Waals surface area contributed by atoms with E-state index in [9.17, 15) is 17.6 Å². The van der Waals surface area contributed by atoms with E-state index in [1.807, 2.05) is 30.3 Å². The number of nitrogens with zero attached hydrogens (tertiary/aromatic N) is 3. The quantitative estimate of drug-likeness (QED) is 0.304. The highest BCUT2D eigenvalue weighted by Crippen LogP contribution is 2.29. The van der Waals surface area contributed by atoms with E-state index < -0.39 is 15.9 Å². The maximum absolute atomic E-state index is 13.4. The van der Waals surface area contributed by atoms with Gasteiger partial charge < -0.3 is 0 Å². The van der Waals surface area contributed by atoms with Crippen LogP contribution in [0.4, 0.5) is 9.52 Å². The Morgan fingerprint density at radius 1 is 1.00 bits per heavy atom. The summed E-state index contributed by atoms with van der Waals surface area (Å²) in [5.41, 5.74) is 2.17. The van der Waals surface area contributed by atoms with E-state index in [0.717, 1.165) is 9.87 Å². The Morgan fingerprint density at radius 2 is 1.66 bits per heavy atom. The molecule has 6 nitrogen and oxygen atoms in total. The highest BCUT2D eigenvalue weighted by molar-refractivity contribution is 7.89. The van der Waals surface area contributed by atoms with Crippen LogP contribution in [0.1, 0.15) is 5.56 Å². The van der Waals surface area contributed by atoms with Crippen LogP contribution in [0.5, 0.6) is 0 Å². The molecule has 0 aliphatic carbocycles. The molecule has 1 amide bonds. The van der Waals surface area contributed by atoms with Crippen LogP contribution in [-0.2, 0) is 21.4 Å². The minimum Gasteiger partial charge on any atom is -0.282 e. The van der Waals surface area contributed by atoms with Crippen LogP contribution < -0.4 is 4.90 Å². The molecule has 3 aromatic carbocycles. The summed E-state index contributed by atoms with van der Waals surface area (Å²) in [7, 11) is -2.55. The first-order valence-electron chi connectivity index (χ1n) is 10.5. The molecule has 1 heterocycles. The van der Waals surface area contributed by atoms with E-state index in [2.05, 4.69) is 4.98 Å². The fourth-order valence-electron chi connectivity index (χ4n) is 3.32. The molecule has 0 N–H and O–H groups in total. The second-order valence-corrected chi connectivity index (χ2v) is 11.0. The molecule has 0 unspecified atom stereocenters. The van der Waals surface area contributed by atoms with Gasteiger partial charge in [0.15, 0.2) is 5.13 Å². The number of rotatable bonds is 8. The van der Waals surface area contributed by atoms with Crippen molar-refractivity contribution in [3.63, 3.8) is 0 Å². The van der Waals surface area contributed by atoms with Gasteiger partial charge in [0.25, 0.3) is 0 Å². The molecular weight excluding hydrogens is 509 g/mol. The molecule has 180 valence electrons. The highest BCUT2D eigenvalue weighted by Gasteiger charge is 2.27. The van der Waals surface area contributed by atoms with Gasteiger partial charge in [0.2, 0.25) is 15.9 Å². The van der Waals surface area contributed by atoms with Gasteiger partial charge in [-0.2, -0.15) is 4.31 Å². The standard InChI is InChI=1S/C25H21ClFN3O3S2/c1-29(35(32,33)22-13-9-20(26)10-14-22)16-24(31)30(15-18-5-3-2-4-6-18)25-28-23(17-34-25)19-7-11-21(27)12-8-19/h2-14,17H,15-16H2,1H3. The zero-order valence-electron chi connectivity index (χ0n) is 18.6. The van der Waals surface area contributed by atoms with Crippen LogP contribution >= 0.6 is 22.9 Å². The van der Waals surface area contributed by atoms with Crippen molar-refractivity contribution < 1.29 is 17.6 Å². The average Bonchev–Trinajstić information content (AvgIpc) is 3.33. The number of benzene rings is 3. The Bertz CT molecular complexity index is 1410.